The summed E-state index contributed by atoms with van der Waals surface area (Å²) in [6, 6.07) is 19.9. The summed E-state index contributed by atoms with van der Waals surface area (Å²) >= 11 is 1.64. The zero-order valence-corrected chi connectivity index (χ0v) is 16.1. The van der Waals surface area contributed by atoms with E-state index in [1.165, 1.54) is 5.56 Å². The average molecular weight is 382 g/mol. The van der Waals surface area contributed by atoms with Gasteiger partial charge in [-0.1, -0.05) is 65.8 Å². The summed E-state index contributed by atoms with van der Waals surface area (Å²) in [7, 11) is 0. The van der Waals surface area contributed by atoms with Gasteiger partial charge in [0, 0.05) is 18.0 Å². The summed E-state index contributed by atoms with van der Waals surface area (Å²) in [5, 5.41) is 6.99. The van der Waals surface area contributed by atoms with E-state index in [1.54, 1.807) is 11.8 Å². The minimum atomic E-state index is -0.0590. The number of aromatic nitrogens is 2. The fraction of sp³-hybridized carbons (Fsp3) is 0.286. The topological polar surface area (TPSA) is 68.0 Å². The van der Waals surface area contributed by atoms with Crippen molar-refractivity contribution >= 4 is 17.7 Å². The molecule has 0 unspecified atom stereocenters. The maximum Gasteiger partial charge on any atom is 0.230 e. The maximum absolute atomic E-state index is 12.1. The van der Waals surface area contributed by atoms with E-state index < -0.39 is 0 Å². The van der Waals surface area contributed by atoms with E-state index in [9.17, 15) is 4.79 Å². The molecule has 0 saturated heterocycles. The molecular formula is C21H23N3O2S. The van der Waals surface area contributed by atoms with Gasteiger partial charge >= 0.3 is 0 Å². The molecule has 2 aromatic carbocycles. The monoisotopic (exact) mass is 381 g/mol. The van der Waals surface area contributed by atoms with Crippen molar-refractivity contribution in [2.75, 3.05) is 11.5 Å². The van der Waals surface area contributed by atoms with Crippen molar-refractivity contribution in [3.63, 3.8) is 0 Å². The van der Waals surface area contributed by atoms with Crippen LogP contribution in [0.25, 0.3) is 11.4 Å². The standard InChI is InChI=1S/C21H23N3O2S/c1-16(14-20-23-21(24-26-20)18-10-6-3-7-11-18)22-19(25)15-27-13-12-17-8-4-2-5-9-17/h2-11,16H,12-15H2,1H3,(H,22,25)/t16-/m1/s1. The SMILES string of the molecule is C[C@H](Cc1nc(-c2ccccc2)no1)NC(=O)CSCCc1ccccc1. The highest BCUT2D eigenvalue weighted by Gasteiger charge is 2.14. The Kier molecular flexibility index (Phi) is 7.04. The molecule has 3 aromatic rings. The lowest BCUT2D eigenvalue weighted by Gasteiger charge is -2.11. The van der Waals surface area contributed by atoms with Crippen LogP contribution < -0.4 is 5.32 Å². The summed E-state index contributed by atoms with van der Waals surface area (Å²) in [5.41, 5.74) is 2.21. The molecule has 27 heavy (non-hydrogen) atoms. The Morgan fingerprint density at radius 3 is 2.56 bits per heavy atom. The summed E-state index contributed by atoms with van der Waals surface area (Å²) in [6.45, 7) is 1.94. The number of thioether (sulfide) groups is 1. The molecule has 0 bridgehead atoms. The molecule has 140 valence electrons. The van der Waals surface area contributed by atoms with E-state index in [1.807, 2.05) is 55.5 Å². The van der Waals surface area contributed by atoms with Crippen LogP contribution in [0.3, 0.4) is 0 Å². The summed E-state index contributed by atoms with van der Waals surface area (Å²) < 4.78 is 5.30. The van der Waals surface area contributed by atoms with Crippen LogP contribution in [0.2, 0.25) is 0 Å². The highest BCUT2D eigenvalue weighted by molar-refractivity contribution is 7.99. The second-order valence-electron chi connectivity index (χ2n) is 6.34. The van der Waals surface area contributed by atoms with E-state index in [-0.39, 0.29) is 11.9 Å². The lowest BCUT2D eigenvalue weighted by Crippen LogP contribution is -2.35. The number of hydrogen-bond donors (Lipinski definition) is 1. The fourth-order valence-electron chi connectivity index (χ4n) is 2.67. The average Bonchev–Trinajstić information content (AvgIpc) is 3.15. The zero-order valence-electron chi connectivity index (χ0n) is 15.3. The first kappa shape index (κ1) is 19.2. The Balaban J connectivity index is 1.38. The molecule has 6 heteroatoms. The molecule has 1 aromatic heterocycles. The lowest BCUT2D eigenvalue weighted by molar-refractivity contribution is -0.119. The molecule has 1 heterocycles. The normalized spacial score (nSPS) is 11.9. The molecule has 0 aliphatic heterocycles. The molecule has 0 saturated carbocycles. The molecular weight excluding hydrogens is 358 g/mol. The first-order valence-corrected chi connectivity index (χ1v) is 10.1. The number of nitrogens with zero attached hydrogens (tertiary/aromatic N) is 2. The smallest absolute Gasteiger partial charge is 0.230 e. The van der Waals surface area contributed by atoms with Crippen LogP contribution in [0.1, 0.15) is 18.4 Å². The molecule has 0 aliphatic rings. The van der Waals surface area contributed by atoms with Crippen molar-refractivity contribution < 1.29 is 9.32 Å². The van der Waals surface area contributed by atoms with E-state index in [2.05, 4.69) is 27.6 Å². The Labute approximate surface area is 163 Å². The van der Waals surface area contributed by atoms with E-state index in [0.717, 1.165) is 17.7 Å². The maximum atomic E-state index is 12.1. The lowest BCUT2D eigenvalue weighted by atomic mass is 10.2. The Morgan fingerprint density at radius 2 is 1.81 bits per heavy atom. The van der Waals surface area contributed by atoms with Gasteiger partial charge in [-0.25, -0.2) is 0 Å². The van der Waals surface area contributed by atoms with Crippen LogP contribution in [0.4, 0.5) is 0 Å². The number of hydrogen-bond acceptors (Lipinski definition) is 5. The molecule has 0 spiro atoms. The number of aryl methyl sites for hydroxylation is 1. The van der Waals surface area contributed by atoms with Gasteiger partial charge in [-0.3, -0.25) is 4.79 Å². The fourth-order valence-corrected chi connectivity index (χ4v) is 3.46. The van der Waals surface area contributed by atoms with E-state index in [0.29, 0.717) is 23.9 Å². The second-order valence-corrected chi connectivity index (χ2v) is 7.44. The van der Waals surface area contributed by atoms with E-state index >= 15 is 0 Å². The van der Waals surface area contributed by atoms with Gasteiger partial charge in [-0.05, 0) is 24.7 Å². The van der Waals surface area contributed by atoms with Gasteiger partial charge in [-0.15, -0.1) is 0 Å². The number of nitrogens with one attached hydrogen (secondary N) is 1. The first-order valence-electron chi connectivity index (χ1n) is 9.00. The van der Waals surface area contributed by atoms with Crippen LogP contribution in [0, 0.1) is 0 Å². The van der Waals surface area contributed by atoms with E-state index in [4.69, 9.17) is 4.52 Å². The van der Waals surface area contributed by atoms with Crippen molar-refractivity contribution in [2.45, 2.75) is 25.8 Å². The number of benzene rings is 2. The first-order chi connectivity index (χ1) is 13.2. The Morgan fingerprint density at radius 1 is 1.11 bits per heavy atom. The van der Waals surface area contributed by atoms with Gasteiger partial charge in [0.2, 0.25) is 17.6 Å². The number of rotatable bonds is 9. The molecule has 0 radical (unpaired) electrons. The number of carbonyl (C=O) groups excluding carboxylic acids is 1. The molecule has 0 aliphatic carbocycles. The molecule has 0 fully saturated rings. The zero-order chi connectivity index (χ0) is 18.9. The number of amides is 1. The van der Waals surface area contributed by atoms with Crippen LogP contribution in [0.5, 0.6) is 0 Å². The quantitative estimate of drug-likeness (QED) is 0.572. The van der Waals surface area contributed by atoms with Gasteiger partial charge < -0.3 is 9.84 Å². The number of carbonyl (C=O) groups is 1. The highest BCUT2D eigenvalue weighted by Crippen LogP contribution is 2.15. The Hall–Kier alpha value is -2.60. The molecule has 1 atom stereocenters. The van der Waals surface area contributed by atoms with Crippen molar-refractivity contribution in [3.8, 4) is 11.4 Å². The van der Waals surface area contributed by atoms with Crippen molar-refractivity contribution in [1.29, 1.82) is 0 Å². The van der Waals surface area contributed by atoms with Crippen LogP contribution in [-0.4, -0.2) is 33.6 Å². The Bertz CT molecular complexity index is 837. The highest BCUT2D eigenvalue weighted by atomic mass is 32.2. The van der Waals surface area contributed by atoms with Gasteiger partial charge in [-0.2, -0.15) is 16.7 Å². The predicted octanol–water partition coefficient (Wildman–Crippen LogP) is 3.76. The van der Waals surface area contributed by atoms with Crippen molar-refractivity contribution in [2.24, 2.45) is 0 Å². The molecule has 3 rings (SSSR count). The molecule has 1 amide bonds. The minimum Gasteiger partial charge on any atom is -0.352 e. The second kappa shape index (κ2) is 9.92. The third-order valence-corrected chi connectivity index (χ3v) is 4.96. The van der Waals surface area contributed by atoms with Crippen LogP contribution in [0.15, 0.2) is 65.2 Å². The van der Waals surface area contributed by atoms with Gasteiger partial charge in [0.25, 0.3) is 0 Å². The van der Waals surface area contributed by atoms with Crippen LogP contribution in [-0.2, 0) is 17.6 Å². The minimum absolute atomic E-state index is 0.0309. The molecule has 5 nitrogen and oxygen atoms in total. The van der Waals surface area contributed by atoms with Crippen molar-refractivity contribution in [1.82, 2.24) is 15.5 Å². The largest absolute Gasteiger partial charge is 0.352 e. The van der Waals surface area contributed by atoms with Crippen molar-refractivity contribution in [3.05, 3.63) is 72.1 Å². The van der Waals surface area contributed by atoms with Gasteiger partial charge in [0.15, 0.2) is 0 Å². The summed E-state index contributed by atoms with van der Waals surface area (Å²) in [4.78, 5) is 16.5. The van der Waals surface area contributed by atoms with Gasteiger partial charge in [0.05, 0.1) is 5.75 Å². The predicted molar refractivity (Wildman–Crippen MR) is 109 cm³/mol. The molecule has 1 N–H and O–H groups in total. The third kappa shape index (κ3) is 6.25. The summed E-state index contributed by atoms with van der Waals surface area (Å²) in [5.74, 6) is 2.51. The third-order valence-electron chi connectivity index (χ3n) is 4.00. The summed E-state index contributed by atoms with van der Waals surface area (Å²) in [6.07, 6.45) is 1.48. The van der Waals surface area contributed by atoms with Gasteiger partial charge in [0.1, 0.15) is 0 Å². The van der Waals surface area contributed by atoms with Crippen LogP contribution >= 0.6 is 11.8 Å².